The zero-order chi connectivity index (χ0) is 16.4. The first-order valence-electron chi connectivity index (χ1n) is 8.85. The summed E-state index contributed by atoms with van der Waals surface area (Å²) in [5, 5.41) is 3.29. The molecular weight excluding hydrogens is 298 g/mol. The molecule has 1 aromatic carbocycles. The lowest BCUT2D eigenvalue weighted by molar-refractivity contribution is -0.126. The van der Waals surface area contributed by atoms with Crippen molar-refractivity contribution in [1.29, 1.82) is 0 Å². The van der Waals surface area contributed by atoms with E-state index < -0.39 is 0 Å². The summed E-state index contributed by atoms with van der Waals surface area (Å²) in [7, 11) is 0. The van der Waals surface area contributed by atoms with Crippen molar-refractivity contribution in [1.82, 2.24) is 10.3 Å². The molecule has 0 radical (unpaired) electrons. The van der Waals surface area contributed by atoms with Crippen molar-refractivity contribution >= 4 is 11.7 Å². The Morgan fingerprint density at radius 2 is 2.00 bits per heavy atom. The van der Waals surface area contributed by atoms with Crippen molar-refractivity contribution in [2.75, 3.05) is 18.0 Å². The van der Waals surface area contributed by atoms with E-state index >= 15 is 0 Å². The molecule has 0 saturated carbocycles. The molecule has 4 heteroatoms. The van der Waals surface area contributed by atoms with Crippen LogP contribution < -0.4 is 10.2 Å². The monoisotopic (exact) mass is 321 g/mol. The largest absolute Gasteiger partial charge is 0.356 e. The van der Waals surface area contributed by atoms with E-state index in [-0.39, 0.29) is 17.9 Å². The number of nitrogens with zero attached hydrogens (tertiary/aromatic N) is 2. The summed E-state index contributed by atoms with van der Waals surface area (Å²) >= 11 is 0. The maximum absolute atomic E-state index is 12.8. The topological polar surface area (TPSA) is 45.2 Å². The maximum Gasteiger partial charge on any atom is 0.225 e. The number of anilines is 1. The van der Waals surface area contributed by atoms with E-state index in [4.69, 9.17) is 0 Å². The van der Waals surface area contributed by atoms with Crippen molar-refractivity contribution in [3.05, 3.63) is 59.8 Å². The lowest BCUT2D eigenvalue weighted by Gasteiger charge is -2.33. The smallest absolute Gasteiger partial charge is 0.225 e. The Hall–Kier alpha value is -2.36. The number of aromatic nitrogens is 1. The molecule has 4 nitrogen and oxygen atoms in total. The van der Waals surface area contributed by atoms with Crippen LogP contribution in [0.3, 0.4) is 0 Å². The fourth-order valence-corrected chi connectivity index (χ4v) is 3.94. The van der Waals surface area contributed by atoms with Gasteiger partial charge in [0, 0.05) is 19.3 Å². The van der Waals surface area contributed by atoms with Crippen LogP contribution in [0.5, 0.6) is 0 Å². The molecule has 1 aliphatic heterocycles. The van der Waals surface area contributed by atoms with E-state index in [0.29, 0.717) is 0 Å². The zero-order valence-corrected chi connectivity index (χ0v) is 13.8. The van der Waals surface area contributed by atoms with Crippen LogP contribution in [-0.4, -0.2) is 24.0 Å². The highest BCUT2D eigenvalue weighted by molar-refractivity contribution is 5.80. The van der Waals surface area contributed by atoms with Crippen LogP contribution in [0, 0.1) is 5.92 Å². The Bertz CT molecular complexity index is 716. The van der Waals surface area contributed by atoms with E-state index in [1.807, 2.05) is 24.4 Å². The molecule has 1 aliphatic carbocycles. The number of pyridine rings is 1. The highest BCUT2D eigenvalue weighted by Crippen LogP contribution is 2.31. The molecular formula is C20H23N3O. The number of amides is 1. The average molecular weight is 321 g/mol. The van der Waals surface area contributed by atoms with Crippen LogP contribution in [0.4, 0.5) is 5.82 Å². The summed E-state index contributed by atoms with van der Waals surface area (Å²) in [6, 6.07) is 14.6. The molecule has 2 atom stereocenters. The van der Waals surface area contributed by atoms with Gasteiger partial charge < -0.3 is 10.2 Å². The molecule has 0 unspecified atom stereocenters. The van der Waals surface area contributed by atoms with Crippen LogP contribution in [0.25, 0.3) is 0 Å². The molecule has 24 heavy (non-hydrogen) atoms. The summed E-state index contributed by atoms with van der Waals surface area (Å²) in [5.41, 5.74) is 2.67. The zero-order valence-electron chi connectivity index (χ0n) is 13.8. The van der Waals surface area contributed by atoms with Crippen molar-refractivity contribution < 1.29 is 4.79 Å². The molecule has 1 saturated heterocycles. The van der Waals surface area contributed by atoms with Gasteiger partial charge in [0.15, 0.2) is 0 Å². The van der Waals surface area contributed by atoms with E-state index in [2.05, 4.69) is 39.5 Å². The molecule has 1 aromatic heterocycles. The van der Waals surface area contributed by atoms with Gasteiger partial charge in [-0.05, 0) is 48.9 Å². The van der Waals surface area contributed by atoms with Gasteiger partial charge in [0.05, 0.1) is 12.0 Å². The minimum absolute atomic E-state index is 0.0496. The fourth-order valence-electron chi connectivity index (χ4n) is 3.94. The van der Waals surface area contributed by atoms with Gasteiger partial charge in [-0.2, -0.15) is 0 Å². The standard InChI is InChI=1S/C20H23N3O/c24-20(22-18-11-10-15-6-1-2-8-17(15)18)16-7-5-13-23(14-16)19-9-3-4-12-21-19/h1-4,6,8-9,12,16,18H,5,7,10-11,13-14H2,(H,22,24)/t16-,18-/m0/s1. The number of nitrogens with one attached hydrogen (secondary N) is 1. The summed E-state index contributed by atoms with van der Waals surface area (Å²) in [6.45, 7) is 1.74. The molecule has 1 N–H and O–H groups in total. The second kappa shape index (κ2) is 6.63. The van der Waals surface area contributed by atoms with E-state index in [0.717, 1.165) is 44.6 Å². The number of hydrogen-bond donors (Lipinski definition) is 1. The highest BCUT2D eigenvalue weighted by Gasteiger charge is 2.30. The maximum atomic E-state index is 12.8. The van der Waals surface area contributed by atoms with E-state index in [1.54, 1.807) is 0 Å². The first-order valence-corrected chi connectivity index (χ1v) is 8.85. The minimum Gasteiger partial charge on any atom is -0.356 e. The molecule has 2 heterocycles. The summed E-state index contributed by atoms with van der Waals surface area (Å²) < 4.78 is 0. The first-order chi connectivity index (χ1) is 11.8. The first kappa shape index (κ1) is 15.2. The van der Waals surface area contributed by atoms with Crippen LogP contribution in [0.1, 0.15) is 36.4 Å². The summed E-state index contributed by atoms with van der Waals surface area (Å²) in [4.78, 5) is 19.4. The van der Waals surface area contributed by atoms with Crippen LogP contribution >= 0.6 is 0 Å². The molecule has 0 bridgehead atoms. The molecule has 4 rings (SSSR count). The SMILES string of the molecule is O=C(N[C@H]1CCc2ccccc21)[C@H]1CCCN(c2ccccn2)C1. The van der Waals surface area contributed by atoms with Gasteiger partial charge >= 0.3 is 0 Å². The Morgan fingerprint density at radius 3 is 2.88 bits per heavy atom. The average Bonchev–Trinajstić information content (AvgIpc) is 3.06. The fraction of sp³-hybridized carbons (Fsp3) is 0.400. The summed E-state index contributed by atoms with van der Waals surface area (Å²) in [5.74, 6) is 1.21. The number of rotatable bonds is 3. The molecule has 1 amide bonds. The van der Waals surface area contributed by atoms with Crippen LogP contribution in [0.15, 0.2) is 48.7 Å². The lowest BCUT2D eigenvalue weighted by atomic mass is 9.96. The number of benzene rings is 1. The van der Waals surface area contributed by atoms with Gasteiger partial charge in [-0.1, -0.05) is 30.3 Å². The Balaban J connectivity index is 1.42. The molecule has 0 spiro atoms. The van der Waals surface area contributed by atoms with Gasteiger partial charge in [0.2, 0.25) is 5.91 Å². The van der Waals surface area contributed by atoms with Crippen molar-refractivity contribution in [2.45, 2.75) is 31.7 Å². The van der Waals surface area contributed by atoms with Gasteiger partial charge in [-0.15, -0.1) is 0 Å². The minimum atomic E-state index is 0.0496. The number of piperidine rings is 1. The Labute approximate surface area is 142 Å². The third kappa shape index (κ3) is 3.01. The number of aryl methyl sites for hydroxylation is 1. The third-order valence-corrected chi connectivity index (χ3v) is 5.21. The molecule has 1 fully saturated rings. The normalized spacial score (nSPS) is 22.9. The predicted octanol–water partition coefficient (Wildman–Crippen LogP) is 3.10. The lowest BCUT2D eigenvalue weighted by Crippen LogP contribution is -2.44. The quantitative estimate of drug-likeness (QED) is 0.945. The third-order valence-electron chi connectivity index (χ3n) is 5.21. The van der Waals surface area contributed by atoms with Crippen LogP contribution in [0.2, 0.25) is 0 Å². The van der Waals surface area contributed by atoms with E-state index in [1.165, 1.54) is 11.1 Å². The molecule has 2 aromatic rings. The van der Waals surface area contributed by atoms with E-state index in [9.17, 15) is 4.79 Å². The van der Waals surface area contributed by atoms with Crippen LogP contribution in [-0.2, 0) is 11.2 Å². The van der Waals surface area contributed by atoms with Gasteiger partial charge in [-0.3, -0.25) is 4.79 Å². The molecule has 2 aliphatic rings. The number of carbonyl (C=O) groups excluding carboxylic acids is 1. The van der Waals surface area contributed by atoms with Crippen molar-refractivity contribution in [3.63, 3.8) is 0 Å². The predicted molar refractivity (Wildman–Crippen MR) is 94.8 cm³/mol. The van der Waals surface area contributed by atoms with Gasteiger partial charge in [-0.25, -0.2) is 4.98 Å². The van der Waals surface area contributed by atoms with Crippen molar-refractivity contribution in [2.24, 2.45) is 5.92 Å². The Kier molecular flexibility index (Phi) is 4.20. The number of carbonyl (C=O) groups is 1. The Morgan fingerprint density at radius 1 is 1.12 bits per heavy atom. The number of fused-ring (bicyclic) bond motifs is 1. The van der Waals surface area contributed by atoms with Gasteiger partial charge in [0.25, 0.3) is 0 Å². The highest BCUT2D eigenvalue weighted by atomic mass is 16.2. The second-order valence-electron chi connectivity index (χ2n) is 6.77. The summed E-state index contributed by atoms with van der Waals surface area (Å²) in [6.07, 6.45) is 5.89. The second-order valence-corrected chi connectivity index (χ2v) is 6.77. The molecule has 124 valence electrons. The number of hydrogen-bond acceptors (Lipinski definition) is 3. The van der Waals surface area contributed by atoms with Crippen molar-refractivity contribution in [3.8, 4) is 0 Å². The van der Waals surface area contributed by atoms with Gasteiger partial charge in [0.1, 0.15) is 5.82 Å².